The SMILES string of the molecule is Cl.Cl.N#Cc1cccc(OCCCN2CCC(NC(=O)C3=Cc4cnc5cccc(n45)S3)CC2)c1. The molecule has 1 aromatic carbocycles. The first-order chi connectivity index (χ1) is 16.2. The number of rotatable bonds is 7. The molecule has 1 fully saturated rings. The van der Waals surface area contributed by atoms with Crippen molar-refractivity contribution in [2.45, 2.75) is 30.3 Å². The van der Waals surface area contributed by atoms with Crippen LogP contribution in [-0.4, -0.2) is 52.5 Å². The van der Waals surface area contributed by atoms with E-state index in [0.29, 0.717) is 12.2 Å². The number of halogens is 2. The molecule has 1 N–H and O–H groups in total. The van der Waals surface area contributed by atoms with Crippen LogP contribution in [0.25, 0.3) is 11.7 Å². The number of nitrogens with zero attached hydrogens (tertiary/aromatic N) is 4. The maximum Gasteiger partial charge on any atom is 0.258 e. The molecule has 1 amide bonds. The minimum Gasteiger partial charge on any atom is -0.494 e. The number of thioether (sulfide) groups is 1. The summed E-state index contributed by atoms with van der Waals surface area (Å²) in [7, 11) is 0. The molecule has 0 saturated carbocycles. The van der Waals surface area contributed by atoms with Gasteiger partial charge in [0.1, 0.15) is 11.4 Å². The Kier molecular flexibility index (Phi) is 9.47. The van der Waals surface area contributed by atoms with Crippen LogP contribution in [0.15, 0.2) is 58.6 Å². The summed E-state index contributed by atoms with van der Waals surface area (Å²) in [6.45, 7) is 3.52. The van der Waals surface area contributed by atoms with E-state index in [2.05, 4.69) is 25.7 Å². The molecule has 0 radical (unpaired) electrons. The number of nitriles is 1. The number of hydrogen-bond acceptors (Lipinski definition) is 6. The van der Waals surface area contributed by atoms with Crippen LogP contribution in [-0.2, 0) is 4.79 Å². The van der Waals surface area contributed by atoms with Crippen molar-refractivity contribution in [3.63, 3.8) is 0 Å². The number of pyridine rings is 1. The second-order valence-corrected chi connectivity index (χ2v) is 9.34. The number of carbonyl (C=O) groups excluding carboxylic acids is 1. The molecule has 35 heavy (non-hydrogen) atoms. The second-order valence-electron chi connectivity index (χ2n) is 8.28. The van der Waals surface area contributed by atoms with Crippen LogP contribution in [0.1, 0.15) is 30.5 Å². The van der Waals surface area contributed by atoms with Gasteiger partial charge in [0.2, 0.25) is 0 Å². The Morgan fingerprint density at radius 2 is 2.00 bits per heavy atom. The zero-order valence-corrected chi connectivity index (χ0v) is 21.5. The van der Waals surface area contributed by atoms with Crippen LogP contribution in [0.3, 0.4) is 0 Å². The lowest BCUT2D eigenvalue weighted by molar-refractivity contribution is -0.117. The molecule has 184 valence electrons. The first kappa shape index (κ1) is 26.9. The maximum atomic E-state index is 12.9. The molecule has 0 unspecified atom stereocenters. The predicted octanol–water partition coefficient (Wildman–Crippen LogP) is 4.55. The number of aromatic nitrogens is 2. The molecule has 0 bridgehead atoms. The summed E-state index contributed by atoms with van der Waals surface area (Å²) in [4.78, 5) is 20.5. The van der Waals surface area contributed by atoms with Gasteiger partial charge in [-0.05, 0) is 55.7 Å². The third-order valence-corrected chi connectivity index (χ3v) is 7.06. The molecule has 2 aliphatic heterocycles. The molecule has 0 aliphatic carbocycles. The highest BCUT2D eigenvalue weighted by atomic mass is 35.5. The van der Waals surface area contributed by atoms with Gasteiger partial charge in [-0.1, -0.05) is 23.9 Å². The van der Waals surface area contributed by atoms with E-state index in [1.165, 1.54) is 11.8 Å². The van der Waals surface area contributed by atoms with Crippen molar-refractivity contribution < 1.29 is 9.53 Å². The van der Waals surface area contributed by atoms with Crippen LogP contribution in [0.4, 0.5) is 0 Å². The number of imidazole rings is 1. The molecular weight excluding hydrogens is 505 g/mol. The van der Waals surface area contributed by atoms with E-state index in [1.807, 2.05) is 42.6 Å². The zero-order valence-electron chi connectivity index (χ0n) is 19.1. The number of benzene rings is 1. The quantitative estimate of drug-likeness (QED) is 0.450. The molecule has 2 aromatic heterocycles. The minimum atomic E-state index is -0.00379. The molecule has 1 saturated heterocycles. The highest BCUT2D eigenvalue weighted by molar-refractivity contribution is 8.04. The monoisotopic (exact) mass is 531 g/mol. The summed E-state index contributed by atoms with van der Waals surface area (Å²) in [5.74, 6) is 0.737. The van der Waals surface area contributed by atoms with E-state index in [1.54, 1.807) is 12.1 Å². The topological polar surface area (TPSA) is 82.7 Å². The third-order valence-electron chi connectivity index (χ3n) is 6.01. The predicted molar refractivity (Wildman–Crippen MR) is 142 cm³/mol. The number of carbonyl (C=O) groups is 1. The average molecular weight is 532 g/mol. The van der Waals surface area contributed by atoms with Gasteiger partial charge in [0.15, 0.2) is 0 Å². The number of piperidine rings is 1. The number of nitrogens with one attached hydrogen (secondary N) is 1. The van der Waals surface area contributed by atoms with Gasteiger partial charge < -0.3 is 15.0 Å². The standard InChI is InChI=1S/C25H25N5O2S.2ClH/c26-16-18-4-1-5-21(14-18)32-13-3-10-29-11-8-19(9-12-29)28-25(31)22-15-20-17-27-23-6-2-7-24(33-22)30(20)23;;/h1-2,4-7,14-15,17,19H,3,8-13H2,(H,28,31);2*1H. The van der Waals surface area contributed by atoms with Crippen molar-refractivity contribution in [3.05, 3.63) is 64.8 Å². The molecule has 5 rings (SSSR count). The van der Waals surface area contributed by atoms with Gasteiger partial charge in [-0.3, -0.25) is 9.20 Å². The number of likely N-dealkylation sites (tertiary alicyclic amines) is 1. The summed E-state index contributed by atoms with van der Waals surface area (Å²) >= 11 is 1.50. The van der Waals surface area contributed by atoms with E-state index < -0.39 is 0 Å². The van der Waals surface area contributed by atoms with Gasteiger partial charge in [0.25, 0.3) is 5.91 Å². The van der Waals surface area contributed by atoms with Crippen molar-refractivity contribution in [2.24, 2.45) is 0 Å². The summed E-state index contributed by atoms with van der Waals surface area (Å²) < 4.78 is 7.84. The number of ether oxygens (including phenoxy) is 1. The fourth-order valence-electron chi connectivity index (χ4n) is 4.29. The van der Waals surface area contributed by atoms with Gasteiger partial charge in [0.05, 0.1) is 40.1 Å². The van der Waals surface area contributed by atoms with Crippen LogP contribution in [0, 0.1) is 11.3 Å². The fraction of sp³-hybridized carbons (Fsp3) is 0.320. The van der Waals surface area contributed by atoms with Gasteiger partial charge in [-0.15, -0.1) is 24.8 Å². The Bertz CT molecular complexity index is 1250. The third kappa shape index (κ3) is 6.30. The van der Waals surface area contributed by atoms with Crippen LogP contribution in [0.2, 0.25) is 0 Å². The largest absolute Gasteiger partial charge is 0.494 e. The zero-order chi connectivity index (χ0) is 22.6. The Morgan fingerprint density at radius 1 is 1.20 bits per heavy atom. The van der Waals surface area contributed by atoms with Crippen molar-refractivity contribution >= 4 is 54.2 Å². The molecule has 3 aromatic rings. The molecule has 10 heteroatoms. The van der Waals surface area contributed by atoms with Crippen LogP contribution in [0.5, 0.6) is 5.75 Å². The normalized spacial score (nSPS) is 15.3. The summed E-state index contributed by atoms with van der Waals surface area (Å²) in [6, 6.07) is 15.5. The summed E-state index contributed by atoms with van der Waals surface area (Å²) in [5.41, 5.74) is 2.46. The molecule has 0 atom stereocenters. The molecular formula is C25H27Cl2N5O2S. The second kappa shape index (κ2) is 12.3. The Balaban J connectivity index is 0.00000171. The van der Waals surface area contributed by atoms with E-state index in [9.17, 15) is 4.79 Å². The average Bonchev–Trinajstić information content (AvgIpc) is 3.27. The van der Waals surface area contributed by atoms with Gasteiger partial charge in [-0.2, -0.15) is 5.26 Å². The molecule has 0 spiro atoms. The highest BCUT2D eigenvalue weighted by Crippen LogP contribution is 2.34. The lowest BCUT2D eigenvalue weighted by atomic mass is 10.0. The van der Waals surface area contributed by atoms with Gasteiger partial charge >= 0.3 is 0 Å². The highest BCUT2D eigenvalue weighted by Gasteiger charge is 2.24. The van der Waals surface area contributed by atoms with Crippen LogP contribution < -0.4 is 10.1 Å². The van der Waals surface area contributed by atoms with Crippen molar-refractivity contribution in [1.82, 2.24) is 19.6 Å². The summed E-state index contributed by atoms with van der Waals surface area (Å²) in [6.07, 6.45) is 6.56. The minimum absolute atomic E-state index is 0. The number of hydrogen-bond donors (Lipinski definition) is 1. The first-order valence-electron chi connectivity index (χ1n) is 11.2. The van der Waals surface area contributed by atoms with E-state index in [0.717, 1.165) is 65.9 Å². The van der Waals surface area contributed by atoms with E-state index in [-0.39, 0.29) is 36.8 Å². The smallest absolute Gasteiger partial charge is 0.258 e. The Hall–Kier alpha value is -2.70. The lowest BCUT2D eigenvalue weighted by Gasteiger charge is -2.32. The van der Waals surface area contributed by atoms with Crippen LogP contribution >= 0.6 is 36.6 Å². The van der Waals surface area contributed by atoms with E-state index >= 15 is 0 Å². The first-order valence-corrected chi connectivity index (χ1v) is 12.0. The van der Waals surface area contributed by atoms with Crippen molar-refractivity contribution in [1.29, 1.82) is 5.26 Å². The maximum absolute atomic E-state index is 12.9. The Labute approximate surface area is 221 Å². The van der Waals surface area contributed by atoms with Gasteiger partial charge in [0, 0.05) is 25.7 Å². The van der Waals surface area contributed by atoms with E-state index in [4.69, 9.17) is 10.00 Å². The van der Waals surface area contributed by atoms with Crippen molar-refractivity contribution in [3.8, 4) is 11.8 Å². The Morgan fingerprint density at radius 3 is 2.80 bits per heavy atom. The molecule has 2 aliphatic rings. The molecule has 4 heterocycles. The molecule has 7 nitrogen and oxygen atoms in total. The lowest BCUT2D eigenvalue weighted by Crippen LogP contribution is -2.45. The number of amides is 1. The summed E-state index contributed by atoms with van der Waals surface area (Å²) in [5, 5.41) is 13.2. The van der Waals surface area contributed by atoms with Gasteiger partial charge in [-0.25, -0.2) is 4.98 Å². The fourth-order valence-corrected chi connectivity index (χ4v) is 5.28. The van der Waals surface area contributed by atoms with Crippen molar-refractivity contribution in [2.75, 3.05) is 26.2 Å².